The van der Waals surface area contributed by atoms with Crippen LogP contribution in [0.15, 0.2) is 65.9 Å². The van der Waals surface area contributed by atoms with Crippen molar-refractivity contribution in [1.82, 2.24) is 19.9 Å². The third-order valence-electron chi connectivity index (χ3n) is 4.62. The van der Waals surface area contributed by atoms with Crippen molar-refractivity contribution >= 4 is 28.1 Å². The lowest BCUT2D eigenvalue weighted by atomic mass is 10.1. The standard InChI is InChI=1S/C21H19ClN4O/c22-18-4-1-3-17-20(18)24-19(25-21(17)27)5-2-12-26-13-8-16(9-14-26)15-6-10-23-11-7-15/h1,3-4,6-11,13H,2,5,12,14H2,(H,24,25,27). The molecule has 0 atom stereocenters. The quantitative estimate of drug-likeness (QED) is 0.733. The summed E-state index contributed by atoms with van der Waals surface area (Å²) in [5.41, 5.74) is 2.82. The Morgan fingerprint density at radius 2 is 2.04 bits per heavy atom. The molecular weight excluding hydrogens is 360 g/mol. The number of nitrogens with one attached hydrogen (secondary N) is 1. The zero-order valence-electron chi connectivity index (χ0n) is 14.7. The number of pyridine rings is 1. The van der Waals surface area contributed by atoms with E-state index in [1.54, 1.807) is 30.6 Å². The molecule has 6 heteroatoms. The van der Waals surface area contributed by atoms with Gasteiger partial charge in [-0.3, -0.25) is 9.78 Å². The average Bonchev–Trinajstić information content (AvgIpc) is 2.70. The van der Waals surface area contributed by atoms with Crippen LogP contribution in [0.5, 0.6) is 0 Å². The fourth-order valence-electron chi connectivity index (χ4n) is 3.20. The number of aromatic amines is 1. The van der Waals surface area contributed by atoms with Crippen molar-refractivity contribution in [2.75, 3.05) is 13.1 Å². The molecule has 136 valence electrons. The lowest BCUT2D eigenvalue weighted by Gasteiger charge is -2.22. The van der Waals surface area contributed by atoms with Crippen LogP contribution >= 0.6 is 11.6 Å². The molecule has 27 heavy (non-hydrogen) atoms. The van der Waals surface area contributed by atoms with Gasteiger partial charge in [0.05, 0.1) is 15.9 Å². The van der Waals surface area contributed by atoms with Gasteiger partial charge in [0, 0.05) is 31.9 Å². The highest BCUT2D eigenvalue weighted by Crippen LogP contribution is 2.20. The molecule has 0 amide bonds. The highest BCUT2D eigenvalue weighted by Gasteiger charge is 2.09. The van der Waals surface area contributed by atoms with Gasteiger partial charge in [0.15, 0.2) is 0 Å². The number of benzene rings is 1. The largest absolute Gasteiger partial charge is 0.374 e. The second-order valence-electron chi connectivity index (χ2n) is 6.46. The Morgan fingerprint density at radius 3 is 2.81 bits per heavy atom. The molecule has 4 rings (SSSR count). The summed E-state index contributed by atoms with van der Waals surface area (Å²) in [6, 6.07) is 9.28. The monoisotopic (exact) mass is 378 g/mol. The van der Waals surface area contributed by atoms with Crippen molar-refractivity contribution in [3.8, 4) is 0 Å². The normalized spacial score (nSPS) is 13.8. The Hall–Kier alpha value is -2.92. The molecule has 3 aromatic rings. The van der Waals surface area contributed by atoms with Crippen LogP contribution < -0.4 is 5.56 Å². The zero-order chi connectivity index (χ0) is 18.6. The van der Waals surface area contributed by atoms with Crippen LogP contribution in [0, 0.1) is 0 Å². The summed E-state index contributed by atoms with van der Waals surface area (Å²) in [5.74, 6) is 0.676. The van der Waals surface area contributed by atoms with Gasteiger partial charge in [-0.1, -0.05) is 23.7 Å². The molecule has 1 aliphatic rings. The summed E-state index contributed by atoms with van der Waals surface area (Å²) in [7, 11) is 0. The Labute approximate surface area is 162 Å². The SMILES string of the molecule is O=c1[nH]c(CCCN2C=CC(c3ccncc3)=CC2)nc2c(Cl)cccc12. The van der Waals surface area contributed by atoms with Gasteiger partial charge in [0.1, 0.15) is 5.82 Å². The summed E-state index contributed by atoms with van der Waals surface area (Å²) in [6.07, 6.45) is 11.6. The Morgan fingerprint density at radius 1 is 1.19 bits per heavy atom. The van der Waals surface area contributed by atoms with E-state index in [-0.39, 0.29) is 5.56 Å². The number of aromatic nitrogens is 3. The third-order valence-corrected chi connectivity index (χ3v) is 4.92. The number of para-hydroxylation sites is 1. The Bertz CT molecular complexity index is 1070. The van der Waals surface area contributed by atoms with Crippen molar-refractivity contribution in [3.63, 3.8) is 0 Å². The van der Waals surface area contributed by atoms with Crippen LogP contribution in [0.25, 0.3) is 16.5 Å². The van der Waals surface area contributed by atoms with E-state index in [9.17, 15) is 4.79 Å². The summed E-state index contributed by atoms with van der Waals surface area (Å²) >= 11 is 6.18. The van der Waals surface area contributed by atoms with Crippen molar-refractivity contribution in [2.24, 2.45) is 0 Å². The first kappa shape index (κ1) is 17.5. The number of fused-ring (bicyclic) bond motifs is 1. The molecule has 0 unspecified atom stereocenters. The lowest BCUT2D eigenvalue weighted by molar-refractivity contribution is 0.402. The molecule has 3 heterocycles. The lowest BCUT2D eigenvalue weighted by Crippen LogP contribution is -2.22. The van der Waals surface area contributed by atoms with E-state index in [1.807, 2.05) is 12.1 Å². The van der Waals surface area contributed by atoms with Crippen molar-refractivity contribution < 1.29 is 0 Å². The fraction of sp³-hybridized carbons (Fsp3) is 0.190. The molecule has 2 aromatic heterocycles. The minimum Gasteiger partial charge on any atom is -0.374 e. The smallest absolute Gasteiger partial charge is 0.258 e. The second-order valence-corrected chi connectivity index (χ2v) is 6.87. The van der Waals surface area contributed by atoms with Gasteiger partial charge in [-0.05, 0) is 54.1 Å². The number of allylic oxidation sites excluding steroid dienone is 2. The molecule has 0 spiro atoms. The molecule has 0 bridgehead atoms. The van der Waals surface area contributed by atoms with Crippen LogP contribution in [0.4, 0.5) is 0 Å². The maximum absolute atomic E-state index is 12.2. The summed E-state index contributed by atoms with van der Waals surface area (Å²) in [4.78, 5) is 25.9. The Kier molecular flexibility index (Phi) is 5.03. The topological polar surface area (TPSA) is 61.9 Å². The predicted octanol–water partition coefficient (Wildman–Crippen LogP) is 3.82. The highest BCUT2D eigenvalue weighted by molar-refractivity contribution is 6.34. The molecule has 5 nitrogen and oxygen atoms in total. The predicted molar refractivity (Wildman–Crippen MR) is 109 cm³/mol. The first-order valence-electron chi connectivity index (χ1n) is 8.91. The summed E-state index contributed by atoms with van der Waals surface area (Å²) < 4.78 is 0. The number of hydrogen-bond acceptors (Lipinski definition) is 4. The van der Waals surface area contributed by atoms with Gasteiger partial charge >= 0.3 is 0 Å². The molecule has 0 aliphatic carbocycles. The van der Waals surface area contributed by atoms with Crippen LogP contribution in [-0.4, -0.2) is 32.9 Å². The summed E-state index contributed by atoms with van der Waals surface area (Å²) in [5, 5.41) is 1.03. The van der Waals surface area contributed by atoms with Gasteiger partial charge in [-0.15, -0.1) is 0 Å². The van der Waals surface area contributed by atoms with E-state index in [1.165, 1.54) is 11.1 Å². The maximum Gasteiger partial charge on any atom is 0.258 e. The Balaban J connectivity index is 1.37. The van der Waals surface area contributed by atoms with Crippen molar-refractivity contribution in [1.29, 1.82) is 0 Å². The highest BCUT2D eigenvalue weighted by atomic mass is 35.5. The molecular formula is C21H19ClN4O. The number of rotatable bonds is 5. The van der Waals surface area contributed by atoms with Crippen LogP contribution in [0.3, 0.4) is 0 Å². The molecule has 0 saturated carbocycles. The number of hydrogen-bond donors (Lipinski definition) is 1. The zero-order valence-corrected chi connectivity index (χ0v) is 15.5. The van der Waals surface area contributed by atoms with Crippen LogP contribution in [0.2, 0.25) is 5.02 Å². The number of H-pyrrole nitrogens is 1. The minimum atomic E-state index is -0.139. The van der Waals surface area contributed by atoms with Crippen molar-refractivity contribution in [3.05, 3.63) is 87.8 Å². The minimum absolute atomic E-state index is 0.139. The van der Waals surface area contributed by atoms with E-state index in [0.717, 1.165) is 19.5 Å². The van der Waals surface area contributed by atoms with Gasteiger partial charge in [-0.2, -0.15) is 0 Å². The van der Waals surface area contributed by atoms with E-state index in [2.05, 4.69) is 38.2 Å². The van der Waals surface area contributed by atoms with Crippen LogP contribution in [0.1, 0.15) is 17.8 Å². The molecule has 1 N–H and O–H groups in total. The van der Waals surface area contributed by atoms with E-state index in [0.29, 0.717) is 28.2 Å². The van der Waals surface area contributed by atoms with E-state index in [4.69, 9.17) is 11.6 Å². The van der Waals surface area contributed by atoms with Crippen molar-refractivity contribution in [2.45, 2.75) is 12.8 Å². The number of nitrogens with zero attached hydrogens (tertiary/aromatic N) is 3. The maximum atomic E-state index is 12.2. The molecule has 0 fully saturated rings. The van der Waals surface area contributed by atoms with Gasteiger partial charge < -0.3 is 9.88 Å². The second kappa shape index (κ2) is 7.76. The van der Waals surface area contributed by atoms with Gasteiger partial charge in [0.25, 0.3) is 5.56 Å². The number of halogens is 1. The van der Waals surface area contributed by atoms with E-state index < -0.39 is 0 Å². The third kappa shape index (κ3) is 3.93. The molecule has 0 radical (unpaired) electrons. The molecule has 1 aromatic carbocycles. The first-order valence-corrected chi connectivity index (χ1v) is 9.29. The summed E-state index contributed by atoms with van der Waals surface area (Å²) in [6.45, 7) is 1.75. The molecule has 0 saturated heterocycles. The first-order chi connectivity index (χ1) is 13.2. The molecule has 1 aliphatic heterocycles. The fourth-order valence-corrected chi connectivity index (χ4v) is 3.41. The van der Waals surface area contributed by atoms with Gasteiger partial charge in [-0.25, -0.2) is 4.98 Å². The number of aryl methyl sites for hydroxylation is 1. The van der Waals surface area contributed by atoms with Crippen LogP contribution in [-0.2, 0) is 6.42 Å². The van der Waals surface area contributed by atoms with E-state index >= 15 is 0 Å². The van der Waals surface area contributed by atoms with Gasteiger partial charge in [0.2, 0.25) is 0 Å². The average molecular weight is 379 g/mol.